The maximum atomic E-state index is 13.2. The van der Waals surface area contributed by atoms with Crippen molar-refractivity contribution < 1.29 is 23.7 Å². The summed E-state index contributed by atoms with van der Waals surface area (Å²) in [5.74, 6) is 1.45. The first-order valence-electron chi connectivity index (χ1n) is 9.86. The largest absolute Gasteiger partial charge is 0.493 e. The van der Waals surface area contributed by atoms with Crippen molar-refractivity contribution in [1.82, 2.24) is 10.2 Å². The van der Waals surface area contributed by atoms with E-state index in [1.54, 1.807) is 39.5 Å². The number of hydrogen-bond donors (Lipinski definition) is 1. The molecule has 7 nitrogen and oxygen atoms in total. The van der Waals surface area contributed by atoms with E-state index in [4.69, 9.17) is 18.9 Å². The molecule has 2 rings (SSSR count). The number of amides is 1. The van der Waals surface area contributed by atoms with Gasteiger partial charge in [0.05, 0.1) is 19.8 Å². The fourth-order valence-corrected chi connectivity index (χ4v) is 3.42. The molecule has 1 aliphatic heterocycles. The number of rotatable bonds is 11. The summed E-state index contributed by atoms with van der Waals surface area (Å²) >= 11 is 0. The lowest BCUT2D eigenvalue weighted by molar-refractivity contribution is 0.0476. The highest BCUT2D eigenvalue weighted by molar-refractivity contribution is 5.95. The van der Waals surface area contributed by atoms with Crippen LogP contribution in [0.25, 0.3) is 0 Å². The zero-order valence-electron chi connectivity index (χ0n) is 17.7. The Bertz CT molecular complexity index is 623. The molecule has 0 radical (unpaired) electrons. The van der Waals surface area contributed by atoms with Crippen molar-refractivity contribution in [1.29, 1.82) is 0 Å². The van der Waals surface area contributed by atoms with Gasteiger partial charge >= 0.3 is 0 Å². The lowest BCUT2D eigenvalue weighted by atomic mass is 10.0. The van der Waals surface area contributed by atoms with Crippen molar-refractivity contribution in [2.24, 2.45) is 5.92 Å². The van der Waals surface area contributed by atoms with Crippen LogP contribution < -0.4 is 14.8 Å². The number of carbonyl (C=O) groups is 1. The second kappa shape index (κ2) is 11.2. The Hall–Kier alpha value is -1.83. The number of carbonyl (C=O) groups excluding carboxylic acids is 1. The monoisotopic (exact) mass is 394 g/mol. The first-order chi connectivity index (χ1) is 13.5. The molecular formula is C21H34N2O5. The van der Waals surface area contributed by atoms with Gasteiger partial charge in [0.25, 0.3) is 5.91 Å². The molecule has 28 heavy (non-hydrogen) atoms. The number of nitrogens with zero attached hydrogens (tertiary/aromatic N) is 1. The molecule has 0 bridgehead atoms. The summed E-state index contributed by atoms with van der Waals surface area (Å²) in [4.78, 5) is 15.1. The third kappa shape index (κ3) is 5.83. The fraction of sp³-hybridized carbons (Fsp3) is 0.667. The van der Waals surface area contributed by atoms with Crippen molar-refractivity contribution in [3.63, 3.8) is 0 Å². The van der Waals surface area contributed by atoms with Crippen LogP contribution in [0.5, 0.6) is 11.5 Å². The van der Waals surface area contributed by atoms with Crippen molar-refractivity contribution in [2.75, 3.05) is 54.2 Å². The average molecular weight is 395 g/mol. The van der Waals surface area contributed by atoms with Gasteiger partial charge in [-0.05, 0) is 32.0 Å². The molecule has 7 heteroatoms. The number of benzene rings is 1. The summed E-state index contributed by atoms with van der Waals surface area (Å²) in [6, 6.07) is 5.43. The summed E-state index contributed by atoms with van der Waals surface area (Å²) < 4.78 is 21.8. The molecule has 0 unspecified atom stereocenters. The Kier molecular flexibility index (Phi) is 9.02. The van der Waals surface area contributed by atoms with Crippen LogP contribution in [0, 0.1) is 5.92 Å². The van der Waals surface area contributed by atoms with E-state index in [0.717, 1.165) is 19.5 Å². The average Bonchev–Trinajstić information content (AvgIpc) is 3.15. The minimum absolute atomic E-state index is 0.0128. The topological polar surface area (TPSA) is 69.3 Å². The van der Waals surface area contributed by atoms with Crippen molar-refractivity contribution >= 4 is 5.91 Å². The quantitative estimate of drug-likeness (QED) is 0.581. The van der Waals surface area contributed by atoms with Gasteiger partial charge in [-0.1, -0.05) is 0 Å². The van der Waals surface area contributed by atoms with Gasteiger partial charge in [-0.25, -0.2) is 0 Å². The van der Waals surface area contributed by atoms with Crippen molar-refractivity contribution in [3.8, 4) is 11.5 Å². The summed E-state index contributed by atoms with van der Waals surface area (Å²) in [6.07, 6.45) is 0.896. The molecular weight excluding hydrogens is 360 g/mol. The molecule has 2 atom stereocenters. The van der Waals surface area contributed by atoms with E-state index in [9.17, 15) is 4.79 Å². The van der Waals surface area contributed by atoms with Gasteiger partial charge in [0.1, 0.15) is 0 Å². The van der Waals surface area contributed by atoms with Crippen LogP contribution >= 0.6 is 0 Å². The first kappa shape index (κ1) is 22.5. The smallest absolute Gasteiger partial charge is 0.254 e. The predicted octanol–water partition coefficient (Wildman–Crippen LogP) is 2.20. The molecule has 0 spiro atoms. The van der Waals surface area contributed by atoms with E-state index >= 15 is 0 Å². The molecule has 1 N–H and O–H groups in total. The number of nitrogens with one attached hydrogen (secondary N) is 1. The van der Waals surface area contributed by atoms with Crippen LogP contribution in [-0.2, 0) is 9.47 Å². The van der Waals surface area contributed by atoms with E-state index in [0.29, 0.717) is 36.8 Å². The Morgan fingerprint density at radius 3 is 2.61 bits per heavy atom. The predicted molar refractivity (Wildman–Crippen MR) is 108 cm³/mol. The summed E-state index contributed by atoms with van der Waals surface area (Å²) in [6.45, 7) is 7.52. The van der Waals surface area contributed by atoms with Crippen LogP contribution in [-0.4, -0.2) is 77.1 Å². The van der Waals surface area contributed by atoms with Crippen LogP contribution in [0.15, 0.2) is 18.2 Å². The molecule has 1 amide bonds. The number of methoxy groups -OCH3 is 3. The zero-order valence-corrected chi connectivity index (χ0v) is 17.7. The molecule has 1 aromatic carbocycles. The molecule has 0 saturated carbocycles. The van der Waals surface area contributed by atoms with Gasteiger partial charge in [-0.15, -0.1) is 0 Å². The second-order valence-corrected chi connectivity index (χ2v) is 7.30. The van der Waals surface area contributed by atoms with Gasteiger partial charge in [-0.3, -0.25) is 4.79 Å². The van der Waals surface area contributed by atoms with Crippen molar-refractivity contribution in [3.05, 3.63) is 23.8 Å². The van der Waals surface area contributed by atoms with Gasteiger partial charge in [0, 0.05) is 64.4 Å². The molecule has 0 aromatic heterocycles. The van der Waals surface area contributed by atoms with E-state index in [1.165, 1.54) is 0 Å². The first-order valence-corrected chi connectivity index (χ1v) is 9.86. The van der Waals surface area contributed by atoms with Gasteiger partial charge in [0.15, 0.2) is 11.5 Å². The third-order valence-electron chi connectivity index (χ3n) is 5.06. The SMILES string of the molecule is COCCCOc1cc(C(=O)N(C[C@@H]2CNC[C@@H]2OC)C(C)C)ccc1OC. The minimum atomic E-state index is -0.0128. The Morgan fingerprint density at radius 1 is 1.18 bits per heavy atom. The van der Waals surface area contributed by atoms with Crippen LogP contribution in [0.1, 0.15) is 30.6 Å². The number of ether oxygens (including phenoxy) is 4. The van der Waals surface area contributed by atoms with Crippen molar-refractivity contribution in [2.45, 2.75) is 32.4 Å². The van der Waals surface area contributed by atoms with Crippen LogP contribution in [0.2, 0.25) is 0 Å². The second-order valence-electron chi connectivity index (χ2n) is 7.30. The lowest BCUT2D eigenvalue weighted by Gasteiger charge is -2.31. The highest BCUT2D eigenvalue weighted by Gasteiger charge is 2.31. The van der Waals surface area contributed by atoms with E-state index in [1.807, 2.05) is 18.7 Å². The minimum Gasteiger partial charge on any atom is -0.493 e. The maximum absolute atomic E-state index is 13.2. The lowest BCUT2D eigenvalue weighted by Crippen LogP contribution is -2.43. The summed E-state index contributed by atoms with van der Waals surface area (Å²) in [5.41, 5.74) is 0.594. The Morgan fingerprint density at radius 2 is 1.96 bits per heavy atom. The van der Waals surface area contributed by atoms with E-state index in [-0.39, 0.29) is 24.0 Å². The Balaban J connectivity index is 2.14. The summed E-state index contributed by atoms with van der Waals surface area (Å²) in [7, 11) is 4.98. The van der Waals surface area contributed by atoms with E-state index in [2.05, 4.69) is 5.32 Å². The van der Waals surface area contributed by atoms with Gasteiger partial charge in [-0.2, -0.15) is 0 Å². The zero-order chi connectivity index (χ0) is 20.5. The third-order valence-corrected chi connectivity index (χ3v) is 5.06. The molecule has 1 aliphatic rings. The standard InChI is InChI=1S/C21H34N2O5/c1-15(2)23(14-17-12-22-13-20(17)27-5)21(24)16-7-8-18(26-4)19(11-16)28-10-6-9-25-3/h7-8,11,15,17,20,22H,6,9-10,12-14H2,1-5H3/t17-,20-/m0/s1. The molecule has 1 heterocycles. The van der Waals surface area contributed by atoms with Gasteiger partial charge in [0.2, 0.25) is 0 Å². The maximum Gasteiger partial charge on any atom is 0.254 e. The molecule has 0 aliphatic carbocycles. The summed E-state index contributed by atoms with van der Waals surface area (Å²) in [5, 5.41) is 3.34. The van der Waals surface area contributed by atoms with Crippen LogP contribution in [0.4, 0.5) is 0 Å². The Labute approximate surface area is 168 Å². The fourth-order valence-electron chi connectivity index (χ4n) is 3.42. The highest BCUT2D eigenvalue weighted by Crippen LogP contribution is 2.29. The molecule has 1 fully saturated rings. The van der Waals surface area contributed by atoms with Crippen LogP contribution in [0.3, 0.4) is 0 Å². The molecule has 1 aromatic rings. The highest BCUT2D eigenvalue weighted by atomic mass is 16.5. The molecule has 158 valence electrons. The molecule has 1 saturated heterocycles. The van der Waals surface area contributed by atoms with E-state index < -0.39 is 0 Å². The normalized spacial score (nSPS) is 19.1. The van der Waals surface area contributed by atoms with Gasteiger partial charge < -0.3 is 29.2 Å². The number of hydrogen-bond acceptors (Lipinski definition) is 6.